The van der Waals surface area contributed by atoms with Gasteiger partial charge >= 0.3 is 0 Å². The largest absolute Gasteiger partial charge is 0.354 e. The minimum Gasteiger partial charge on any atom is -0.354 e. The SMILES string of the molecule is CC(C)(C)C(=O)C#CC=C1CCN(c2ncccc2N=O)CC1. The number of nitroso groups, excluding NO2 is 1. The van der Waals surface area contributed by atoms with Crippen LogP contribution < -0.4 is 4.90 Å². The van der Waals surface area contributed by atoms with E-state index in [9.17, 15) is 9.70 Å². The summed E-state index contributed by atoms with van der Waals surface area (Å²) in [5, 5.41) is 3.03. The molecule has 0 saturated carbocycles. The Morgan fingerprint density at radius 3 is 2.65 bits per heavy atom. The Morgan fingerprint density at radius 2 is 2.04 bits per heavy atom. The van der Waals surface area contributed by atoms with E-state index in [1.165, 1.54) is 5.57 Å². The first-order valence-electron chi connectivity index (χ1n) is 7.69. The Bertz CT molecular complexity index is 680. The third kappa shape index (κ3) is 4.49. The van der Waals surface area contributed by atoms with E-state index in [2.05, 4.69) is 26.9 Å². The number of carbonyl (C=O) groups excluding carboxylic acids is 1. The van der Waals surface area contributed by atoms with Crippen molar-refractivity contribution in [1.29, 1.82) is 0 Å². The van der Waals surface area contributed by atoms with Crippen molar-refractivity contribution < 1.29 is 4.79 Å². The highest BCUT2D eigenvalue weighted by atomic mass is 16.3. The molecule has 0 aliphatic carbocycles. The first-order chi connectivity index (χ1) is 10.9. The van der Waals surface area contributed by atoms with E-state index < -0.39 is 5.41 Å². The molecule has 1 aromatic heterocycles. The average Bonchev–Trinajstić information content (AvgIpc) is 2.54. The van der Waals surface area contributed by atoms with Gasteiger partial charge in [0.05, 0.1) is 0 Å². The number of carbonyl (C=O) groups is 1. The van der Waals surface area contributed by atoms with Crippen molar-refractivity contribution in [2.24, 2.45) is 10.6 Å². The van der Waals surface area contributed by atoms with Crippen LogP contribution >= 0.6 is 0 Å². The van der Waals surface area contributed by atoms with Crippen LogP contribution in [-0.2, 0) is 4.79 Å². The molecule has 2 heterocycles. The normalized spacial score (nSPS) is 14.7. The van der Waals surface area contributed by atoms with E-state index in [1.54, 1.807) is 18.3 Å². The third-order valence-electron chi connectivity index (χ3n) is 3.71. The van der Waals surface area contributed by atoms with E-state index in [0.29, 0.717) is 11.5 Å². The molecule has 1 saturated heterocycles. The van der Waals surface area contributed by atoms with E-state index in [4.69, 9.17) is 0 Å². The summed E-state index contributed by atoms with van der Waals surface area (Å²) in [6, 6.07) is 3.38. The summed E-state index contributed by atoms with van der Waals surface area (Å²) in [5.41, 5.74) is 1.16. The molecule has 0 radical (unpaired) electrons. The van der Waals surface area contributed by atoms with E-state index in [0.717, 1.165) is 25.9 Å². The summed E-state index contributed by atoms with van der Waals surface area (Å²) in [6.45, 7) is 7.12. The zero-order chi connectivity index (χ0) is 16.9. The number of hydrogen-bond acceptors (Lipinski definition) is 5. The third-order valence-corrected chi connectivity index (χ3v) is 3.71. The maximum absolute atomic E-state index is 11.8. The van der Waals surface area contributed by atoms with E-state index in [1.807, 2.05) is 26.8 Å². The Morgan fingerprint density at radius 1 is 1.35 bits per heavy atom. The summed E-state index contributed by atoms with van der Waals surface area (Å²) < 4.78 is 0. The first kappa shape index (κ1) is 16.9. The van der Waals surface area contributed by atoms with Gasteiger partial charge in [0.1, 0.15) is 5.69 Å². The van der Waals surface area contributed by atoms with Gasteiger partial charge in [0.15, 0.2) is 5.82 Å². The van der Waals surface area contributed by atoms with Gasteiger partial charge in [-0.05, 0) is 42.1 Å². The molecular weight excluding hydrogens is 290 g/mol. The second-order valence-electron chi connectivity index (χ2n) is 6.58. The Balaban J connectivity index is 1.99. The second kappa shape index (κ2) is 7.19. The zero-order valence-corrected chi connectivity index (χ0v) is 13.8. The van der Waals surface area contributed by atoms with Crippen molar-refractivity contribution in [2.75, 3.05) is 18.0 Å². The molecule has 0 unspecified atom stereocenters. The fraction of sp³-hybridized carbons (Fsp3) is 0.444. The van der Waals surface area contributed by atoms with Gasteiger partial charge < -0.3 is 4.90 Å². The summed E-state index contributed by atoms with van der Waals surface area (Å²) in [7, 11) is 0. The first-order valence-corrected chi connectivity index (χ1v) is 7.69. The standard InChI is InChI=1S/C18H21N3O2/c1-18(2,3)16(22)8-4-6-14-9-12-21(13-10-14)17-15(20-23)7-5-11-19-17/h5-7,11H,9-10,12-13H2,1-3H3. The summed E-state index contributed by atoms with van der Waals surface area (Å²) >= 11 is 0. The number of nitrogens with zero attached hydrogens (tertiary/aromatic N) is 3. The summed E-state index contributed by atoms with van der Waals surface area (Å²) in [6.07, 6.45) is 5.19. The minimum absolute atomic E-state index is 0.0537. The molecule has 23 heavy (non-hydrogen) atoms. The molecule has 1 aliphatic heterocycles. The van der Waals surface area contributed by atoms with Crippen LogP contribution in [0.15, 0.2) is 35.2 Å². The number of pyridine rings is 1. The van der Waals surface area contributed by atoms with Crippen LogP contribution in [0.5, 0.6) is 0 Å². The predicted molar refractivity (Wildman–Crippen MR) is 91.5 cm³/mol. The minimum atomic E-state index is -0.425. The van der Waals surface area contributed by atoms with Crippen LogP contribution in [0.3, 0.4) is 0 Å². The van der Waals surface area contributed by atoms with Crippen LogP contribution in [0.4, 0.5) is 11.5 Å². The number of anilines is 1. The lowest BCUT2D eigenvalue weighted by Gasteiger charge is -2.29. The van der Waals surface area contributed by atoms with Crippen LogP contribution in [0.2, 0.25) is 0 Å². The fourth-order valence-electron chi connectivity index (χ4n) is 2.24. The van der Waals surface area contributed by atoms with Crippen LogP contribution in [0.1, 0.15) is 33.6 Å². The predicted octanol–water partition coefficient (Wildman–Crippen LogP) is 3.62. The van der Waals surface area contributed by atoms with Gasteiger partial charge in [-0.2, -0.15) is 0 Å². The number of rotatable bonds is 2. The maximum Gasteiger partial charge on any atom is 0.211 e. The lowest BCUT2D eigenvalue weighted by atomic mass is 9.91. The maximum atomic E-state index is 11.8. The molecule has 0 spiro atoms. The van der Waals surface area contributed by atoms with Gasteiger partial charge in [-0.15, -0.1) is 4.91 Å². The average molecular weight is 311 g/mol. The lowest BCUT2D eigenvalue weighted by Crippen LogP contribution is -2.31. The van der Waals surface area contributed by atoms with Gasteiger partial charge in [-0.1, -0.05) is 32.3 Å². The van der Waals surface area contributed by atoms with Gasteiger partial charge in [0.2, 0.25) is 5.78 Å². The quantitative estimate of drug-likeness (QED) is 0.475. The van der Waals surface area contributed by atoms with E-state index in [-0.39, 0.29) is 5.78 Å². The molecule has 0 N–H and O–H groups in total. The molecule has 0 atom stereocenters. The number of allylic oxidation sites excluding steroid dienone is 1. The summed E-state index contributed by atoms with van der Waals surface area (Å²) in [4.78, 5) is 28.9. The van der Waals surface area contributed by atoms with Gasteiger partial charge in [-0.3, -0.25) is 4.79 Å². The van der Waals surface area contributed by atoms with Gasteiger partial charge in [0, 0.05) is 24.7 Å². The molecule has 0 amide bonds. The molecular formula is C18H21N3O2. The molecule has 1 aliphatic rings. The molecule has 0 bridgehead atoms. The Hall–Kier alpha value is -2.48. The molecule has 5 heteroatoms. The number of hydrogen-bond donors (Lipinski definition) is 0. The van der Waals surface area contributed by atoms with Gasteiger partial charge in [-0.25, -0.2) is 4.98 Å². The molecule has 2 rings (SSSR count). The summed E-state index contributed by atoms with van der Waals surface area (Å²) in [5.74, 6) is 6.14. The smallest absolute Gasteiger partial charge is 0.211 e. The molecule has 5 nitrogen and oxygen atoms in total. The highest BCUT2D eigenvalue weighted by Crippen LogP contribution is 2.28. The van der Waals surface area contributed by atoms with Crippen molar-refractivity contribution in [3.63, 3.8) is 0 Å². The van der Waals surface area contributed by atoms with Crippen molar-refractivity contribution in [1.82, 2.24) is 4.98 Å². The van der Waals surface area contributed by atoms with Crippen molar-refractivity contribution in [3.8, 4) is 11.8 Å². The van der Waals surface area contributed by atoms with Crippen LogP contribution in [0.25, 0.3) is 0 Å². The molecule has 1 fully saturated rings. The number of Topliss-reactive ketones (excluding diaryl/α,β-unsaturated/α-hetero) is 1. The fourth-order valence-corrected chi connectivity index (χ4v) is 2.24. The Labute approximate surface area is 136 Å². The highest BCUT2D eigenvalue weighted by molar-refractivity contribution is 5.99. The lowest BCUT2D eigenvalue weighted by molar-refractivity contribution is -0.120. The number of ketones is 1. The van der Waals surface area contributed by atoms with Crippen LogP contribution in [-0.4, -0.2) is 23.9 Å². The number of aromatic nitrogens is 1. The molecule has 0 aromatic carbocycles. The van der Waals surface area contributed by atoms with Crippen molar-refractivity contribution in [3.05, 3.63) is 34.9 Å². The van der Waals surface area contributed by atoms with Crippen LogP contribution in [0, 0.1) is 22.2 Å². The highest BCUT2D eigenvalue weighted by Gasteiger charge is 2.19. The second-order valence-corrected chi connectivity index (χ2v) is 6.58. The zero-order valence-electron chi connectivity index (χ0n) is 13.8. The van der Waals surface area contributed by atoms with Crippen molar-refractivity contribution >= 4 is 17.3 Å². The molecule has 1 aromatic rings. The van der Waals surface area contributed by atoms with Gasteiger partial charge in [0.25, 0.3) is 0 Å². The number of piperidine rings is 1. The van der Waals surface area contributed by atoms with Crippen molar-refractivity contribution in [2.45, 2.75) is 33.6 Å². The molecule has 120 valence electrons. The van der Waals surface area contributed by atoms with E-state index >= 15 is 0 Å². The topological polar surface area (TPSA) is 62.6 Å². The Kier molecular flexibility index (Phi) is 5.28. The monoisotopic (exact) mass is 311 g/mol.